The van der Waals surface area contributed by atoms with E-state index in [0.717, 1.165) is 22.9 Å². The number of para-hydroxylation sites is 1. The number of unbranched alkanes of at least 4 members (excludes halogenated alkanes) is 1. The minimum absolute atomic E-state index is 0.133. The molecule has 0 saturated carbocycles. The molecular weight excluding hydrogens is 376 g/mol. The molecule has 0 unspecified atom stereocenters. The highest BCUT2D eigenvalue weighted by Crippen LogP contribution is 2.22. The third-order valence-corrected chi connectivity index (χ3v) is 5.14. The van der Waals surface area contributed by atoms with Crippen molar-refractivity contribution in [3.63, 3.8) is 0 Å². The summed E-state index contributed by atoms with van der Waals surface area (Å²) in [4.78, 5) is 23.8. The Morgan fingerprint density at radius 1 is 1.13 bits per heavy atom. The predicted octanol–water partition coefficient (Wildman–Crippen LogP) is 5.27. The van der Waals surface area contributed by atoms with E-state index in [9.17, 15) is 14.7 Å². The fourth-order valence-corrected chi connectivity index (χ4v) is 3.59. The number of hydrogen-bond donors (Lipinski definition) is 2. The van der Waals surface area contributed by atoms with Crippen LogP contribution in [0.25, 0.3) is 17.0 Å². The van der Waals surface area contributed by atoms with Crippen LogP contribution in [0.5, 0.6) is 0 Å². The summed E-state index contributed by atoms with van der Waals surface area (Å²) >= 11 is 0. The van der Waals surface area contributed by atoms with Crippen LogP contribution in [-0.2, 0) is 17.6 Å². The van der Waals surface area contributed by atoms with Gasteiger partial charge in [-0.1, -0.05) is 55.8 Å². The van der Waals surface area contributed by atoms with E-state index in [2.05, 4.69) is 24.4 Å². The molecule has 0 radical (unpaired) electrons. The van der Waals surface area contributed by atoms with Crippen LogP contribution in [0, 0.1) is 0 Å². The van der Waals surface area contributed by atoms with Crippen LogP contribution in [0.3, 0.4) is 0 Å². The van der Waals surface area contributed by atoms with E-state index in [0.29, 0.717) is 11.9 Å². The standard InChI is InChI=1S/C25H28N2O3/c1-3-4-7-19-10-12-20(13-11-19)14-15-24(28)26-18(2)16-21-17-27(25(29)30)23-9-6-5-8-22(21)23/h5-6,8-15,17-18H,3-4,7,16H2,1-2H3,(H,26,28)(H,29,30)/t18-/m1/s1. The molecule has 0 aliphatic carbocycles. The number of fused-ring (bicyclic) bond motifs is 1. The van der Waals surface area contributed by atoms with Crippen LogP contribution in [0.15, 0.2) is 60.8 Å². The molecule has 5 nitrogen and oxygen atoms in total. The molecule has 0 aliphatic heterocycles. The SMILES string of the molecule is CCCCc1ccc(C=CC(=O)N[C@H](C)Cc2cn(C(=O)O)c3ccccc23)cc1. The molecule has 1 atom stereocenters. The van der Waals surface area contributed by atoms with Gasteiger partial charge in [-0.25, -0.2) is 4.79 Å². The number of nitrogens with zero attached hydrogens (tertiary/aromatic N) is 1. The summed E-state index contributed by atoms with van der Waals surface area (Å²) in [6.45, 7) is 4.10. The van der Waals surface area contributed by atoms with Gasteiger partial charge < -0.3 is 10.4 Å². The molecule has 2 N–H and O–H groups in total. The Morgan fingerprint density at radius 3 is 2.57 bits per heavy atom. The summed E-state index contributed by atoms with van der Waals surface area (Å²) in [5.41, 5.74) is 3.85. The van der Waals surface area contributed by atoms with Crippen molar-refractivity contribution in [1.82, 2.24) is 9.88 Å². The zero-order valence-corrected chi connectivity index (χ0v) is 17.5. The van der Waals surface area contributed by atoms with E-state index < -0.39 is 6.09 Å². The summed E-state index contributed by atoms with van der Waals surface area (Å²) in [7, 11) is 0. The molecular formula is C25H28N2O3. The first-order valence-electron chi connectivity index (χ1n) is 10.4. The molecule has 1 heterocycles. The maximum atomic E-state index is 12.3. The zero-order valence-electron chi connectivity index (χ0n) is 17.5. The lowest BCUT2D eigenvalue weighted by molar-refractivity contribution is -0.117. The quantitative estimate of drug-likeness (QED) is 0.502. The van der Waals surface area contributed by atoms with E-state index >= 15 is 0 Å². The zero-order chi connectivity index (χ0) is 21.5. The summed E-state index contributed by atoms with van der Waals surface area (Å²) < 4.78 is 1.23. The number of carboxylic acid groups (broad SMARTS) is 1. The molecule has 2 aromatic carbocycles. The van der Waals surface area contributed by atoms with Crippen molar-refractivity contribution >= 4 is 29.0 Å². The van der Waals surface area contributed by atoms with Gasteiger partial charge in [0.25, 0.3) is 0 Å². The summed E-state index contributed by atoms with van der Waals surface area (Å²) in [6.07, 6.45) is 7.95. The first kappa shape index (κ1) is 21.4. The first-order chi connectivity index (χ1) is 14.5. The number of carbonyl (C=O) groups is 2. The fourth-order valence-electron chi connectivity index (χ4n) is 3.59. The Morgan fingerprint density at radius 2 is 1.87 bits per heavy atom. The Kier molecular flexibility index (Phi) is 7.07. The first-order valence-corrected chi connectivity index (χ1v) is 10.4. The van der Waals surface area contributed by atoms with Crippen molar-refractivity contribution in [3.05, 3.63) is 77.5 Å². The fraction of sp³-hybridized carbons (Fsp3) is 0.280. The predicted molar refractivity (Wildman–Crippen MR) is 121 cm³/mol. The Labute approximate surface area is 177 Å². The van der Waals surface area contributed by atoms with Gasteiger partial charge in [0.1, 0.15) is 0 Å². The lowest BCUT2D eigenvalue weighted by Crippen LogP contribution is -2.32. The highest BCUT2D eigenvalue weighted by Gasteiger charge is 2.15. The van der Waals surface area contributed by atoms with Gasteiger partial charge in [-0.05, 0) is 55.0 Å². The van der Waals surface area contributed by atoms with Crippen LogP contribution in [0.2, 0.25) is 0 Å². The Bertz CT molecular complexity index is 1050. The van der Waals surface area contributed by atoms with E-state index in [-0.39, 0.29) is 11.9 Å². The van der Waals surface area contributed by atoms with Crippen LogP contribution in [-0.4, -0.2) is 27.7 Å². The smallest absolute Gasteiger partial charge is 0.416 e. The van der Waals surface area contributed by atoms with Crippen LogP contribution < -0.4 is 5.32 Å². The topological polar surface area (TPSA) is 71.3 Å². The van der Waals surface area contributed by atoms with E-state index in [1.54, 1.807) is 12.3 Å². The molecule has 0 spiro atoms. The monoisotopic (exact) mass is 404 g/mol. The lowest BCUT2D eigenvalue weighted by atomic mass is 10.1. The summed E-state index contributed by atoms with van der Waals surface area (Å²) in [6, 6.07) is 15.5. The van der Waals surface area contributed by atoms with Gasteiger partial charge >= 0.3 is 6.09 Å². The van der Waals surface area contributed by atoms with Crippen molar-refractivity contribution < 1.29 is 14.7 Å². The number of hydrogen-bond acceptors (Lipinski definition) is 2. The summed E-state index contributed by atoms with van der Waals surface area (Å²) in [5, 5.41) is 13.2. The van der Waals surface area contributed by atoms with E-state index in [4.69, 9.17) is 0 Å². The normalized spacial score (nSPS) is 12.3. The largest absolute Gasteiger partial charge is 0.464 e. The minimum Gasteiger partial charge on any atom is -0.464 e. The molecule has 3 rings (SSSR count). The number of nitrogens with one attached hydrogen (secondary N) is 1. The van der Waals surface area contributed by atoms with Crippen molar-refractivity contribution in [3.8, 4) is 0 Å². The van der Waals surface area contributed by atoms with Gasteiger partial charge in [0.15, 0.2) is 0 Å². The molecule has 3 aromatic rings. The maximum Gasteiger partial charge on any atom is 0.416 e. The van der Waals surface area contributed by atoms with E-state index in [1.807, 2.05) is 43.3 Å². The Hall–Kier alpha value is -3.34. The van der Waals surface area contributed by atoms with Crippen LogP contribution in [0.1, 0.15) is 43.4 Å². The molecule has 0 aliphatic rings. The minimum atomic E-state index is -1.02. The third-order valence-electron chi connectivity index (χ3n) is 5.14. The number of aromatic nitrogens is 1. The highest BCUT2D eigenvalue weighted by atomic mass is 16.4. The van der Waals surface area contributed by atoms with Gasteiger partial charge in [-0.15, -0.1) is 0 Å². The van der Waals surface area contributed by atoms with Crippen molar-refractivity contribution in [2.24, 2.45) is 0 Å². The van der Waals surface area contributed by atoms with Crippen molar-refractivity contribution in [1.29, 1.82) is 0 Å². The van der Waals surface area contributed by atoms with Crippen molar-refractivity contribution in [2.45, 2.75) is 45.6 Å². The molecule has 0 bridgehead atoms. The average molecular weight is 405 g/mol. The second kappa shape index (κ2) is 9.92. The van der Waals surface area contributed by atoms with Gasteiger partial charge in [0.2, 0.25) is 5.91 Å². The number of amides is 1. The Balaban J connectivity index is 1.60. The van der Waals surface area contributed by atoms with Gasteiger partial charge in [-0.3, -0.25) is 9.36 Å². The molecule has 5 heteroatoms. The molecule has 1 aromatic heterocycles. The van der Waals surface area contributed by atoms with Crippen molar-refractivity contribution in [2.75, 3.05) is 0 Å². The lowest BCUT2D eigenvalue weighted by Gasteiger charge is -2.12. The van der Waals surface area contributed by atoms with Gasteiger partial charge in [-0.2, -0.15) is 0 Å². The number of aryl methyl sites for hydroxylation is 1. The second-order valence-corrected chi connectivity index (χ2v) is 7.62. The number of rotatable bonds is 8. The molecule has 156 valence electrons. The molecule has 0 saturated heterocycles. The third kappa shape index (κ3) is 5.38. The van der Waals surface area contributed by atoms with Crippen LogP contribution >= 0.6 is 0 Å². The average Bonchev–Trinajstić information content (AvgIpc) is 3.10. The highest BCUT2D eigenvalue weighted by molar-refractivity contribution is 5.93. The van der Waals surface area contributed by atoms with E-state index in [1.165, 1.54) is 29.0 Å². The number of carbonyl (C=O) groups excluding carboxylic acids is 1. The molecule has 30 heavy (non-hydrogen) atoms. The number of benzene rings is 2. The summed E-state index contributed by atoms with van der Waals surface area (Å²) in [5.74, 6) is -0.167. The van der Waals surface area contributed by atoms with Gasteiger partial charge in [0, 0.05) is 23.7 Å². The molecule has 0 fully saturated rings. The maximum absolute atomic E-state index is 12.3. The second-order valence-electron chi connectivity index (χ2n) is 7.62. The van der Waals surface area contributed by atoms with Crippen LogP contribution in [0.4, 0.5) is 4.79 Å². The molecule has 1 amide bonds. The van der Waals surface area contributed by atoms with Gasteiger partial charge in [0.05, 0.1) is 5.52 Å².